The molecule has 172 valence electrons. The van der Waals surface area contributed by atoms with E-state index in [1.807, 2.05) is 29.1 Å². The summed E-state index contributed by atoms with van der Waals surface area (Å²) in [6.45, 7) is 1.58. The third-order valence-corrected chi connectivity index (χ3v) is 6.90. The molecule has 1 aliphatic heterocycles. The van der Waals surface area contributed by atoms with E-state index in [2.05, 4.69) is 64.1 Å². The molecule has 6 rings (SSSR count). The highest BCUT2D eigenvalue weighted by Crippen LogP contribution is 2.56. The lowest BCUT2D eigenvalue weighted by molar-refractivity contribution is 0.416. The maximum Gasteiger partial charge on any atom is 0.229 e. The fraction of sp³-hybridized carbons (Fsp3) is 0.250. The van der Waals surface area contributed by atoms with Crippen molar-refractivity contribution in [1.29, 1.82) is 0 Å². The lowest BCUT2D eigenvalue weighted by atomic mass is 9.98. The number of pyridine rings is 1. The van der Waals surface area contributed by atoms with E-state index in [1.54, 1.807) is 25.7 Å². The third-order valence-electron chi connectivity index (χ3n) is 6.32. The van der Waals surface area contributed by atoms with Crippen molar-refractivity contribution in [3.8, 4) is 5.75 Å². The topological polar surface area (TPSA) is 102 Å². The van der Waals surface area contributed by atoms with E-state index in [0.29, 0.717) is 23.7 Å². The normalized spacial score (nSPS) is 15.0. The van der Waals surface area contributed by atoms with E-state index in [-0.39, 0.29) is 0 Å². The van der Waals surface area contributed by atoms with E-state index in [1.165, 1.54) is 18.4 Å². The predicted molar refractivity (Wildman–Crippen MR) is 134 cm³/mol. The SMILES string of the molecule is COc1cc2c(cc1Nc1ncc(Br)c(Nc3cnn(Cc4ccccn4)c3)n1)NCC21CC1. The monoisotopic (exact) mass is 518 g/mol. The third kappa shape index (κ3) is 3.94. The van der Waals surface area contributed by atoms with E-state index in [0.717, 1.165) is 39.5 Å². The van der Waals surface area contributed by atoms with Crippen LogP contribution in [-0.2, 0) is 12.0 Å². The summed E-state index contributed by atoms with van der Waals surface area (Å²) in [5.74, 6) is 1.87. The standard InChI is InChI=1S/C24H23BrN8O/c1-34-21-8-17-19(28-14-24(17)5-6-24)9-20(21)31-23-27-11-18(25)22(32-23)30-16-10-29-33(13-16)12-15-4-2-3-7-26-15/h2-4,7-11,13,28H,5-6,12,14H2,1H3,(H2,27,30,31,32). The number of nitrogens with one attached hydrogen (secondary N) is 3. The van der Waals surface area contributed by atoms with Gasteiger partial charge in [-0.1, -0.05) is 6.07 Å². The number of halogens is 1. The maximum absolute atomic E-state index is 5.68. The maximum atomic E-state index is 5.68. The van der Waals surface area contributed by atoms with Crippen LogP contribution in [0.5, 0.6) is 5.75 Å². The zero-order valence-electron chi connectivity index (χ0n) is 18.5. The first-order valence-corrected chi connectivity index (χ1v) is 11.9. The Balaban J connectivity index is 1.21. The van der Waals surface area contributed by atoms with Crippen molar-refractivity contribution >= 4 is 44.8 Å². The minimum Gasteiger partial charge on any atom is -0.495 e. The van der Waals surface area contributed by atoms with Crippen LogP contribution in [0, 0.1) is 0 Å². The zero-order chi connectivity index (χ0) is 23.1. The number of methoxy groups -OCH3 is 1. The number of nitrogens with zero attached hydrogens (tertiary/aromatic N) is 5. The second kappa shape index (κ2) is 8.28. The van der Waals surface area contributed by atoms with E-state index in [9.17, 15) is 0 Å². The zero-order valence-corrected chi connectivity index (χ0v) is 20.1. The van der Waals surface area contributed by atoms with Crippen molar-refractivity contribution in [3.63, 3.8) is 0 Å². The van der Waals surface area contributed by atoms with Gasteiger partial charge in [0.2, 0.25) is 5.95 Å². The van der Waals surface area contributed by atoms with Crippen molar-refractivity contribution in [2.24, 2.45) is 0 Å². The van der Waals surface area contributed by atoms with Crippen molar-refractivity contribution < 1.29 is 4.74 Å². The van der Waals surface area contributed by atoms with Crippen LogP contribution in [0.1, 0.15) is 24.1 Å². The van der Waals surface area contributed by atoms with Gasteiger partial charge in [0.05, 0.1) is 41.4 Å². The van der Waals surface area contributed by atoms with Crippen LogP contribution in [0.4, 0.5) is 28.8 Å². The summed E-state index contributed by atoms with van der Waals surface area (Å²) in [5, 5.41) is 14.6. The molecule has 0 unspecified atom stereocenters. The molecule has 9 nitrogen and oxygen atoms in total. The van der Waals surface area contributed by atoms with Gasteiger partial charge in [-0.2, -0.15) is 10.1 Å². The lowest BCUT2D eigenvalue weighted by Crippen LogP contribution is -2.08. The number of hydrogen-bond acceptors (Lipinski definition) is 8. The molecule has 1 aromatic carbocycles. The van der Waals surface area contributed by atoms with Gasteiger partial charge in [0.25, 0.3) is 0 Å². The molecule has 0 atom stereocenters. The number of aromatic nitrogens is 5. The number of anilines is 5. The summed E-state index contributed by atoms with van der Waals surface area (Å²) in [4.78, 5) is 13.4. The Morgan fingerprint density at radius 3 is 2.88 bits per heavy atom. The van der Waals surface area contributed by atoms with Crippen molar-refractivity contribution in [1.82, 2.24) is 24.7 Å². The molecule has 4 aromatic rings. The summed E-state index contributed by atoms with van der Waals surface area (Å²) >= 11 is 3.53. The Hall–Kier alpha value is -3.66. The van der Waals surface area contributed by atoms with E-state index in [4.69, 9.17) is 4.74 Å². The minimum absolute atomic E-state index is 0.299. The molecule has 1 fully saturated rings. The molecular weight excluding hydrogens is 496 g/mol. The van der Waals surface area contributed by atoms with Crippen LogP contribution < -0.4 is 20.7 Å². The summed E-state index contributed by atoms with van der Waals surface area (Å²) in [5.41, 5.74) is 5.37. The summed E-state index contributed by atoms with van der Waals surface area (Å²) in [6.07, 6.45) is 9.62. The molecule has 3 N–H and O–H groups in total. The Morgan fingerprint density at radius 1 is 1.18 bits per heavy atom. The molecule has 0 radical (unpaired) electrons. The molecule has 0 amide bonds. The summed E-state index contributed by atoms with van der Waals surface area (Å²) in [7, 11) is 1.69. The first kappa shape index (κ1) is 20.9. The van der Waals surface area contributed by atoms with Gasteiger partial charge in [0, 0.05) is 36.2 Å². The van der Waals surface area contributed by atoms with Gasteiger partial charge >= 0.3 is 0 Å². The lowest BCUT2D eigenvalue weighted by Gasteiger charge is -2.15. The molecule has 0 saturated heterocycles. The van der Waals surface area contributed by atoms with Crippen LogP contribution in [0.15, 0.2) is 59.6 Å². The molecule has 3 aromatic heterocycles. The average Bonchev–Trinajstić information content (AvgIpc) is 3.38. The second-order valence-electron chi connectivity index (χ2n) is 8.62. The Kier molecular flexibility index (Phi) is 5.09. The first-order chi connectivity index (χ1) is 16.6. The van der Waals surface area contributed by atoms with Crippen LogP contribution in [0.3, 0.4) is 0 Å². The van der Waals surface area contributed by atoms with Gasteiger partial charge in [-0.15, -0.1) is 0 Å². The van der Waals surface area contributed by atoms with Crippen LogP contribution in [0.2, 0.25) is 0 Å². The van der Waals surface area contributed by atoms with Gasteiger partial charge in [-0.05, 0) is 58.6 Å². The number of hydrogen-bond donors (Lipinski definition) is 3. The highest BCUT2D eigenvalue weighted by molar-refractivity contribution is 9.10. The van der Waals surface area contributed by atoms with Crippen molar-refractivity contribution in [2.45, 2.75) is 24.8 Å². The Bertz CT molecular complexity index is 1350. The number of ether oxygens (including phenoxy) is 1. The fourth-order valence-corrected chi connectivity index (χ4v) is 4.62. The Morgan fingerprint density at radius 2 is 2.09 bits per heavy atom. The average molecular weight is 519 g/mol. The fourth-order valence-electron chi connectivity index (χ4n) is 4.33. The van der Waals surface area contributed by atoms with Gasteiger partial charge in [-0.3, -0.25) is 9.67 Å². The van der Waals surface area contributed by atoms with Crippen LogP contribution >= 0.6 is 15.9 Å². The first-order valence-electron chi connectivity index (χ1n) is 11.1. The van der Waals surface area contributed by atoms with Crippen LogP contribution in [0.25, 0.3) is 0 Å². The highest BCUT2D eigenvalue weighted by Gasteiger charge is 2.49. The molecule has 10 heteroatoms. The highest BCUT2D eigenvalue weighted by atomic mass is 79.9. The van der Waals surface area contributed by atoms with Crippen molar-refractivity contribution in [3.05, 3.63) is 70.8 Å². The van der Waals surface area contributed by atoms with Crippen molar-refractivity contribution in [2.75, 3.05) is 29.6 Å². The largest absolute Gasteiger partial charge is 0.495 e. The number of rotatable bonds is 7. The molecule has 2 aliphatic rings. The molecule has 0 bridgehead atoms. The van der Waals surface area contributed by atoms with E-state index < -0.39 is 0 Å². The van der Waals surface area contributed by atoms with Gasteiger partial charge in [0.1, 0.15) is 11.6 Å². The number of benzene rings is 1. The molecule has 1 spiro atoms. The summed E-state index contributed by atoms with van der Waals surface area (Å²) < 4.78 is 8.25. The second-order valence-corrected chi connectivity index (χ2v) is 9.47. The molecule has 34 heavy (non-hydrogen) atoms. The smallest absolute Gasteiger partial charge is 0.229 e. The molecule has 4 heterocycles. The minimum atomic E-state index is 0.299. The van der Waals surface area contributed by atoms with Gasteiger partial charge in [0.15, 0.2) is 0 Å². The van der Waals surface area contributed by atoms with E-state index >= 15 is 0 Å². The predicted octanol–water partition coefficient (Wildman–Crippen LogP) is 4.83. The number of fused-ring (bicyclic) bond motifs is 2. The molecular formula is C24H23BrN8O. The summed E-state index contributed by atoms with van der Waals surface area (Å²) in [6, 6.07) is 10.1. The van der Waals surface area contributed by atoms with Crippen LogP contribution in [-0.4, -0.2) is 38.4 Å². The van der Waals surface area contributed by atoms with Gasteiger partial charge < -0.3 is 20.7 Å². The quantitative estimate of drug-likeness (QED) is 0.319. The Labute approximate surface area is 205 Å². The van der Waals surface area contributed by atoms with Gasteiger partial charge in [-0.25, -0.2) is 4.98 Å². The molecule has 1 aliphatic carbocycles. The molecule has 1 saturated carbocycles.